The van der Waals surface area contributed by atoms with Crippen molar-refractivity contribution in [2.24, 2.45) is 0 Å². The summed E-state index contributed by atoms with van der Waals surface area (Å²) in [5.74, 6) is 0. The number of ether oxygens (including phenoxy) is 1. The van der Waals surface area contributed by atoms with E-state index in [0.29, 0.717) is 19.6 Å². The third-order valence-corrected chi connectivity index (χ3v) is 2.55. The maximum atomic E-state index is 12.3. The molecule has 1 unspecified atom stereocenters. The van der Waals surface area contributed by atoms with E-state index in [2.05, 4.69) is 28.1 Å². The van der Waals surface area contributed by atoms with Gasteiger partial charge in [-0.05, 0) is 24.8 Å². The lowest BCUT2D eigenvalue weighted by molar-refractivity contribution is 0.131. The summed E-state index contributed by atoms with van der Waals surface area (Å²) < 4.78 is 17.7. The molecule has 0 saturated carbocycles. The maximum absolute atomic E-state index is 12.3. The monoisotopic (exact) mass is 274 g/mol. The molecule has 1 atom stereocenters. The average Bonchev–Trinajstić information content (AvgIpc) is 2.24. The molecule has 0 radical (unpaired) electrons. The van der Waals surface area contributed by atoms with E-state index < -0.39 is 5.08 Å². The molecule has 1 nitrogen and oxygen atoms in total. The SMILES string of the molecule is FC(Br)CCCOCCc1ccccc1. The van der Waals surface area contributed by atoms with Gasteiger partial charge in [-0.1, -0.05) is 46.3 Å². The van der Waals surface area contributed by atoms with E-state index in [4.69, 9.17) is 4.74 Å². The van der Waals surface area contributed by atoms with E-state index in [9.17, 15) is 4.39 Å². The number of hydrogen-bond acceptors (Lipinski definition) is 1. The van der Waals surface area contributed by atoms with Crippen LogP contribution in [0.2, 0.25) is 0 Å². The first-order valence-corrected chi connectivity index (χ1v) is 6.10. The lowest BCUT2D eigenvalue weighted by atomic mass is 10.2. The van der Waals surface area contributed by atoms with Crippen molar-refractivity contribution in [1.82, 2.24) is 0 Å². The van der Waals surface area contributed by atoms with E-state index >= 15 is 0 Å². The van der Waals surface area contributed by atoms with Crippen LogP contribution in [0.5, 0.6) is 0 Å². The highest BCUT2D eigenvalue weighted by Crippen LogP contribution is 2.08. The van der Waals surface area contributed by atoms with Gasteiger partial charge in [0.15, 0.2) is 5.08 Å². The molecule has 0 spiro atoms. The molecule has 0 saturated heterocycles. The predicted octanol–water partition coefficient (Wildman–Crippen LogP) is 3.72. The lowest BCUT2D eigenvalue weighted by Gasteiger charge is -2.04. The van der Waals surface area contributed by atoms with Gasteiger partial charge >= 0.3 is 0 Å². The van der Waals surface area contributed by atoms with Gasteiger partial charge in [-0.15, -0.1) is 0 Å². The van der Waals surface area contributed by atoms with Crippen LogP contribution in [0.25, 0.3) is 0 Å². The van der Waals surface area contributed by atoms with E-state index in [1.807, 2.05) is 18.2 Å². The summed E-state index contributed by atoms with van der Waals surface area (Å²) in [6.07, 6.45) is 2.21. The molecule has 1 aromatic carbocycles. The predicted molar refractivity (Wildman–Crippen MR) is 64.0 cm³/mol. The lowest BCUT2D eigenvalue weighted by Crippen LogP contribution is -2.01. The normalized spacial score (nSPS) is 12.7. The fraction of sp³-hybridized carbons (Fsp3) is 0.500. The van der Waals surface area contributed by atoms with Crippen LogP contribution in [0.1, 0.15) is 18.4 Å². The van der Waals surface area contributed by atoms with Gasteiger partial charge in [0.05, 0.1) is 6.61 Å². The van der Waals surface area contributed by atoms with Gasteiger partial charge in [0.2, 0.25) is 0 Å². The minimum absolute atomic E-state index is 0.519. The molecule has 3 heteroatoms. The summed E-state index contributed by atoms with van der Waals surface area (Å²) in [6.45, 7) is 1.35. The van der Waals surface area contributed by atoms with Gasteiger partial charge in [-0.2, -0.15) is 0 Å². The highest BCUT2D eigenvalue weighted by atomic mass is 79.9. The Kier molecular flexibility index (Phi) is 6.60. The molecule has 0 aliphatic rings. The molecule has 1 aromatic rings. The van der Waals surface area contributed by atoms with Crippen molar-refractivity contribution < 1.29 is 9.13 Å². The number of halogens is 2. The standard InChI is InChI=1S/C12H16BrFO/c13-12(14)7-4-9-15-10-8-11-5-2-1-3-6-11/h1-3,5-6,12H,4,7-10H2. The molecule has 0 aromatic heterocycles. The Morgan fingerprint density at radius 2 is 1.93 bits per heavy atom. The Labute approximate surface area is 98.8 Å². The number of rotatable bonds is 7. The van der Waals surface area contributed by atoms with E-state index in [-0.39, 0.29) is 0 Å². The van der Waals surface area contributed by atoms with Crippen LogP contribution in [-0.4, -0.2) is 18.3 Å². The van der Waals surface area contributed by atoms with Crippen LogP contribution < -0.4 is 0 Å². The second-order valence-corrected chi connectivity index (χ2v) is 4.37. The molecule has 1 rings (SSSR count). The van der Waals surface area contributed by atoms with Crippen molar-refractivity contribution in [2.75, 3.05) is 13.2 Å². The summed E-state index contributed by atoms with van der Waals surface area (Å²) in [6, 6.07) is 10.2. The smallest absolute Gasteiger partial charge is 0.155 e. The van der Waals surface area contributed by atoms with Crippen LogP contribution in [0.3, 0.4) is 0 Å². The van der Waals surface area contributed by atoms with E-state index in [0.717, 1.165) is 12.8 Å². The van der Waals surface area contributed by atoms with Gasteiger partial charge in [0.1, 0.15) is 0 Å². The zero-order valence-corrected chi connectivity index (χ0v) is 10.2. The Morgan fingerprint density at radius 1 is 1.20 bits per heavy atom. The van der Waals surface area contributed by atoms with Crippen LogP contribution >= 0.6 is 15.9 Å². The zero-order chi connectivity index (χ0) is 10.9. The van der Waals surface area contributed by atoms with Crippen LogP contribution in [-0.2, 0) is 11.2 Å². The number of alkyl halides is 2. The van der Waals surface area contributed by atoms with Crippen LogP contribution in [0, 0.1) is 0 Å². The van der Waals surface area contributed by atoms with Crippen LogP contribution in [0.4, 0.5) is 4.39 Å². The van der Waals surface area contributed by atoms with Gasteiger partial charge in [-0.25, -0.2) is 4.39 Å². The van der Waals surface area contributed by atoms with Crippen molar-refractivity contribution in [3.8, 4) is 0 Å². The van der Waals surface area contributed by atoms with Crippen molar-refractivity contribution >= 4 is 15.9 Å². The molecular weight excluding hydrogens is 259 g/mol. The second-order valence-electron chi connectivity index (χ2n) is 3.38. The molecule has 84 valence electrons. The van der Waals surface area contributed by atoms with Crippen LogP contribution in [0.15, 0.2) is 30.3 Å². The van der Waals surface area contributed by atoms with E-state index in [1.54, 1.807) is 0 Å². The topological polar surface area (TPSA) is 9.23 Å². The Morgan fingerprint density at radius 3 is 2.60 bits per heavy atom. The summed E-state index contributed by atoms with van der Waals surface area (Å²) in [5.41, 5.74) is 1.28. The largest absolute Gasteiger partial charge is 0.381 e. The Balaban J connectivity index is 1.98. The summed E-state index contributed by atoms with van der Waals surface area (Å²) in [7, 11) is 0. The minimum atomic E-state index is -0.893. The summed E-state index contributed by atoms with van der Waals surface area (Å²) >= 11 is 2.86. The molecule has 0 bridgehead atoms. The third kappa shape index (κ3) is 6.63. The molecule has 0 fully saturated rings. The first-order chi connectivity index (χ1) is 7.29. The first-order valence-electron chi connectivity index (χ1n) is 5.19. The molecule has 0 amide bonds. The van der Waals surface area contributed by atoms with Crippen molar-refractivity contribution in [3.63, 3.8) is 0 Å². The van der Waals surface area contributed by atoms with Gasteiger partial charge in [0.25, 0.3) is 0 Å². The molecule has 0 aliphatic carbocycles. The second kappa shape index (κ2) is 7.83. The van der Waals surface area contributed by atoms with Gasteiger partial charge in [0, 0.05) is 6.61 Å². The molecule has 15 heavy (non-hydrogen) atoms. The minimum Gasteiger partial charge on any atom is -0.381 e. The fourth-order valence-electron chi connectivity index (χ4n) is 1.28. The maximum Gasteiger partial charge on any atom is 0.155 e. The molecule has 0 aliphatic heterocycles. The first kappa shape index (κ1) is 12.7. The summed E-state index contributed by atoms with van der Waals surface area (Å²) in [4.78, 5) is 0. The average molecular weight is 275 g/mol. The number of benzene rings is 1. The third-order valence-electron chi connectivity index (χ3n) is 2.09. The molecular formula is C12H16BrFO. The van der Waals surface area contributed by atoms with Gasteiger partial charge in [-0.3, -0.25) is 0 Å². The molecule has 0 heterocycles. The fourth-order valence-corrected chi connectivity index (χ4v) is 1.60. The van der Waals surface area contributed by atoms with E-state index in [1.165, 1.54) is 5.56 Å². The summed E-state index contributed by atoms with van der Waals surface area (Å²) in [5, 5.41) is -0.893. The van der Waals surface area contributed by atoms with Crippen molar-refractivity contribution in [1.29, 1.82) is 0 Å². The Hall–Kier alpha value is -0.410. The highest BCUT2D eigenvalue weighted by molar-refractivity contribution is 9.09. The zero-order valence-electron chi connectivity index (χ0n) is 8.66. The van der Waals surface area contributed by atoms with Crippen molar-refractivity contribution in [3.05, 3.63) is 35.9 Å². The van der Waals surface area contributed by atoms with Gasteiger partial charge < -0.3 is 4.74 Å². The molecule has 0 N–H and O–H groups in total. The highest BCUT2D eigenvalue weighted by Gasteiger charge is 1.99. The van der Waals surface area contributed by atoms with Crippen molar-refractivity contribution in [2.45, 2.75) is 24.3 Å². The number of hydrogen-bond donors (Lipinski definition) is 0. The quantitative estimate of drug-likeness (QED) is 0.544. The Bertz CT molecular complexity index is 251.